The Morgan fingerprint density at radius 3 is 2.40 bits per heavy atom. The second-order valence-corrected chi connectivity index (χ2v) is 3.01. The van der Waals surface area contributed by atoms with Crippen LogP contribution in [0.3, 0.4) is 0 Å². The van der Waals surface area contributed by atoms with E-state index in [0.29, 0.717) is 4.68 Å². The van der Waals surface area contributed by atoms with Crippen molar-refractivity contribution in [2.24, 2.45) is 12.8 Å². The fourth-order valence-electron chi connectivity index (χ4n) is 1.46. The van der Waals surface area contributed by atoms with Gasteiger partial charge in [0.05, 0.1) is 0 Å². The molecule has 2 N–H and O–H groups in total. The smallest absolute Gasteiger partial charge is 0.364 e. The molecule has 15 heavy (non-hydrogen) atoms. The van der Waals surface area contributed by atoms with Gasteiger partial charge < -0.3 is 5.73 Å². The van der Waals surface area contributed by atoms with Crippen LogP contribution in [-0.4, -0.2) is 15.7 Å². The van der Waals surface area contributed by atoms with Gasteiger partial charge in [-0.05, 0) is 6.42 Å². The number of halogens is 3. The number of hydrogen-bond acceptors (Lipinski definition) is 2. The molecule has 0 unspecified atom stereocenters. The molecule has 1 amide bonds. The summed E-state index contributed by atoms with van der Waals surface area (Å²) in [6, 6.07) is 0. The van der Waals surface area contributed by atoms with E-state index in [1.807, 2.05) is 0 Å². The highest BCUT2D eigenvalue weighted by atomic mass is 19.4. The van der Waals surface area contributed by atoms with Crippen molar-refractivity contribution in [2.75, 3.05) is 0 Å². The number of aromatic nitrogens is 2. The number of carbonyl (C=O) groups excluding carboxylic acids is 1. The van der Waals surface area contributed by atoms with Gasteiger partial charge in [0.2, 0.25) is 0 Å². The highest BCUT2D eigenvalue weighted by molar-refractivity contribution is 5.92. The predicted molar refractivity (Wildman–Crippen MR) is 46.1 cm³/mol. The van der Waals surface area contributed by atoms with Crippen LogP contribution < -0.4 is 5.73 Å². The molecule has 0 aromatic carbocycles. The second kappa shape index (κ2) is 3.56. The number of aryl methyl sites for hydroxylation is 1. The van der Waals surface area contributed by atoms with Gasteiger partial charge in [-0.1, -0.05) is 6.92 Å². The third-order valence-electron chi connectivity index (χ3n) is 2.00. The largest absolute Gasteiger partial charge is 0.433 e. The number of amides is 1. The molecule has 0 atom stereocenters. The van der Waals surface area contributed by atoms with E-state index in [1.54, 1.807) is 0 Å². The molecule has 0 aliphatic carbocycles. The number of nitrogens with two attached hydrogens (primary N) is 1. The highest BCUT2D eigenvalue weighted by Gasteiger charge is 2.39. The minimum Gasteiger partial charge on any atom is -0.364 e. The summed E-state index contributed by atoms with van der Waals surface area (Å²) in [6.07, 6.45) is -4.47. The normalized spacial score (nSPS) is 11.8. The number of hydrogen-bond donors (Lipinski definition) is 1. The molecule has 0 radical (unpaired) electrons. The molecule has 0 spiro atoms. The standard InChI is InChI=1S/C8H10F3N3O/c1-3-4-5(7(12)15)13-14(2)6(4)8(9,10)11/h3H2,1-2H3,(H2,12,15). The summed E-state index contributed by atoms with van der Waals surface area (Å²) in [5.74, 6) is -0.946. The summed E-state index contributed by atoms with van der Waals surface area (Å²) < 4.78 is 38.3. The minimum atomic E-state index is -4.53. The van der Waals surface area contributed by atoms with Crippen LogP contribution in [0.4, 0.5) is 13.2 Å². The Labute approximate surface area is 83.9 Å². The Bertz CT molecular complexity index is 395. The monoisotopic (exact) mass is 221 g/mol. The number of carbonyl (C=O) groups is 1. The Hall–Kier alpha value is -1.53. The molecule has 84 valence electrons. The molecule has 4 nitrogen and oxygen atoms in total. The van der Waals surface area contributed by atoms with Crippen LogP contribution in [0.1, 0.15) is 28.7 Å². The van der Waals surface area contributed by atoms with Crippen molar-refractivity contribution in [1.82, 2.24) is 9.78 Å². The molecule has 0 aliphatic heterocycles. The van der Waals surface area contributed by atoms with Crippen molar-refractivity contribution in [2.45, 2.75) is 19.5 Å². The summed E-state index contributed by atoms with van der Waals surface area (Å²) in [6.45, 7) is 1.51. The van der Waals surface area contributed by atoms with Gasteiger partial charge in [-0.2, -0.15) is 18.3 Å². The first-order valence-electron chi connectivity index (χ1n) is 4.21. The molecule has 0 fully saturated rings. The van der Waals surface area contributed by atoms with Crippen LogP contribution in [0, 0.1) is 0 Å². The Morgan fingerprint density at radius 1 is 1.53 bits per heavy atom. The van der Waals surface area contributed by atoms with Crippen LogP contribution in [0.25, 0.3) is 0 Å². The van der Waals surface area contributed by atoms with E-state index in [2.05, 4.69) is 5.10 Å². The Kier molecular flexibility index (Phi) is 2.74. The van der Waals surface area contributed by atoms with E-state index >= 15 is 0 Å². The van der Waals surface area contributed by atoms with Gasteiger partial charge in [-0.15, -0.1) is 0 Å². The zero-order chi connectivity index (χ0) is 11.8. The molecule has 7 heteroatoms. The summed E-state index contributed by atoms with van der Waals surface area (Å²) in [4.78, 5) is 10.9. The summed E-state index contributed by atoms with van der Waals surface area (Å²) in [5.41, 5.74) is 3.55. The molecule has 1 aromatic rings. The Morgan fingerprint density at radius 2 is 2.07 bits per heavy atom. The van der Waals surface area contributed by atoms with Gasteiger partial charge in [0.1, 0.15) is 5.69 Å². The van der Waals surface area contributed by atoms with Crippen molar-refractivity contribution < 1.29 is 18.0 Å². The first-order valence-corrected chi connectivity index (χ1v) is 4.21. The zero-order valence-electron chi connectivity index (χ0n) is 8.22. The third-order valence-corrected chi connectivity index (χ3v) is 2.00. The van der Waals surface area contributed by atoms with E-state index in [0.717, 1.165) is 7.05 Å². The fourth-order valence-corrected chi connectivity index (χ4v) is 1.46. The summed E-state index contributed by atoms with van der Waals surface area (Å²) in [5, 5.41) is 3.47. The van der Waals surface area contributed by atoms with Crippen molar-refractivity contribution >= 4 is 5.91 Å². The molecular formula is C8H10F3N3O. The van der Waals surface area contributed by atoms with Crippen LogP contribution in [0.15, 0.2) is 0 Å². The number of nitrogens with zero attached hydrogens (tertiary/aromatic N) is 2. The molecule has 1 heterocycles. The maximum Gasteiger partial charge on any atom is 0.433 e. The van der Waals surface area contributed by atoms with Crippen LogP contribution in [-0.2, 0) is 19.6 Å². The molecule has 1 aromatic heterocycles. The molecule has 0 bridgehead atoms. The van der Waals surface area contributed by atoms with Crippen molar-refractivity contribution in [3.63, 3.8) is 0 Å². The third kappa shape index (κ3) is 1.95. The average molecular weight is 221 g/mol. The maximum absolute atomic E-state index is 12.6. The minimum absolute atomic E-state index is 0.0565. The lowest BCUT2D eigenvalue weighted by molar-refractivity contribution is -0.144. The lowest BCUT2D eigenvalue weighted by atomic mass is 10.1. The first-order chi connectivity index (χ1) is 6.79. The topological polar surface area (TPSA) is 60.9 Å². The molecule has 0 saturated carbocycles. The van der Waals surface area contributed by atoms with Crippen LogP contribution in [0.2, 0.25) is 0 Å². The van der Waals surface area contributed by atoms with E-state index in [9.17, 15) is 18.0 Å². The predicted octanol–water partition coefficient (Wildman–Crippen LogP) is 1.10. The van der Waals surface area contributed by atoms with Crippen molar-refractivity contribution in [1.29, 1.82) is 0 Å². The molecular weight excluding hydrogens is 211 g/mol. The second-order valence-electron chi connectivity index (χ2n) is 3.01. The lowest BCUT2D eigenvalue weighted by Crippen LogP contribution is -2.15. The van der Waals surface area contributed by atoms with Gasteiger partial charge in [-0.3, -0.25) is 9.48 Å². The van der Waals surface area contributed by atoms with E-state index in [-0.39, 0.29) is 17.7 Å². The molecule has 0 saturated heterocycles. The zero-order valence-corrected chi connectivity index (χ0v) is 8.22. The van der Waals surface area contributed by atoms with Gasteiger partial charge in [0.25, 0.3) is 5.91 Å². The molecule has 1 rings (SSSR count). The SMILES string of the molecule is CCc1c(C(N)=O)nn(C)c1C(F)(F)F. The van der Waals surface area contributed by atoms with E-state index < -0.39 is 17.8 Å². The van der Waals surface area contributed by atoms with Crippen molar-refractivity contribution in [3.8, 4) is 0 Å². The maximum atomic E-state index is 12.6. The number of primary amides is 1. The van der Waals surface area contributed by atoms with Gasteiger partial charge in [-0.25, -0.2) is 0 Å². The quantitative estimate of drug-likeness (QED) is 0.812. The number of alkyl halides is 3. The first kappa shape index (κ1) is 11.5. The van der Waals surface area contributed by atoms with Crippen LogP contribution in [0.5, 0.6) is 0 Å². The highest BCUT2D eigenvalue weighted by Crippen LogP contribution is 2.33. The average Bonchev–Trinajstić information content (AvgIpc) is 2.41. The van der Waals surface area contributed by atoms with E-state index in [4.69, 9.17) is 5.73 Å². The van der Waals surface area contributed by atoms with E-state index in [1.165, 1.54) is 6.92 Å². The molecule has 0 aliphatic rings. The lowest BCUT2D eigenvalue weighted by Gasteiger charge is -2.08. The Balaban J connectivity index is 3.45. The van der Waals surface area contributed by atoms with Crippen molar-refractivity contribution in [3.05, 3.63) is 17.0 Å². The number of rotatable bonds is 2. The summed E-state index contributed by atoms with van der Waals surface area (Å²) >= 11 is 0. The van der Waals surface area contributed by atoms with Gasteiger partial charge in [0, 0.05) is 12.6 Å². The van der Waals surface area contributed by atoms with Gasteiger partial charge >= 0.3 is 6.18 Å². The summed E-state index contributed by atoms with van der Waals surface area (Å²) in [7, 11) is 1.13. The van der Waals surface area contributed by atoms with Crippen LogP contribution >= 0.6 is 0 Å². The van der Waals surface area contributed by atoms with Gasteiger partial charge in [0.15, 0.2) is 5.69 Å². The fraction of sp³-hybridized carbons (Fsp3) is 0.500.